The van der Waals surface area contributed by atoms with Crippen LogP contribution in [0.1, 0.15) is 106 Å². The van der Waals surface area contributed by atoms with Gasteiger partial charge in [-0.15, -0.1) is 0 Å². The summed E-state index contributed by atoms with van der Waals surface area (Å²) < 4.78 is 0. The van der Waals surface area contributed by atoms with Gasteiger partial charge in [-0.3, -0.25) is 0 Å². The van der Waals surface area contributed by atoms with E-state index in [1.54, 1.807) is 0 Å². The molecule has 0 saturated heterocycles. The maximum Gasteiger partial charge on any atom is 0.0852 e. The van der Waals surface area contributed by atoms with Gasteiger partial charge in [0.2, 0.25) is 0 Å². The standard InChI is InChI=1S/C30H50O2/c1-18(2)19-11-13-27(5)15-16-29(7)20(24(19)27)9-10-23-28(6)17-21(31)25(32)26(3,4)22(28)12-14-30(23,29)8/h19-25,31-32H,1,9-17H2,2-8H3/t19?,20-,21?,22+,23-,24-,25?,27-,28+,29-,30-/m1/s1. The van der Waals surface area contributed by atoms with Crippen LogP contribution in [0.15, 0.2) is 12.2 Å². The van der Waals surface area contributed by atoms with Crippen LogP contribution in [0.3, 0.4) is 0 Å². The van der Waals surface area contributed by atoms with Gasteiger partial charge in [-0.05, 0) is 121 Å². The number of fused-ring (bicyclic) bond motifs is 7. The molecular formula is C30H50O2. The van der Waals surface area contributed by atoms with Crippen LogP contribution in [0.4, 0.5) is 0 Å². The molecule has 3 unspecified atom stereocenters. The maximum atomic E-state index is 11.0. The Balaban J connectivity index is 1.55. The zero-order chi connectivity index (χ0) is 23.5. The Morgan fingerprint density at radius 3 is 2.12 bits per heavy atom. The van der Waals surface area contributed by atoms with Gasteiger partial charge in [-0.2, -0.15) is 0 Å². The summed E-state index contributed by atoms with van der Waals surface area (Å²) >= 11 is 0. The van der Waals surface area contributed by atoms with Crippen LogP contribution in [0.5, 0.6) is 0 Å². The van der Waals surface area contributed by atoms with Crippen LogP contribution in [0.25, 0.3) is 0 Å². The van der Waals surface area contributed by atoms with Crippen molar-refractivity contribution in [2.45, 2.75) is 118 Å². The average Bonchev–Trinajstić information content (AvgIpc) is 3.05. The van der Waals surface area contributed by atoms with Gasteiger partial charge >= 0.3 is 0 Å². The molecule has 0 amide bonds. The van der Waals surface area contributed by atoms with E-state index in [2.05, 4.69) is 55.0 Å². The first-order chi connectivity index (χ1) is 14.7. The first kappa shape index (κ1) is 23.4. The molecule has 5 fully saturated rings. The quantitative estimate of drug-likeness (QED) is 0.429. The lowest BCUT2D eigenvalue weighted by Gasteiger charge is -2.73. The smallest absolute Gasteiger partial charge is 0.0852 e. The molecule has 5 saturated carbocycles. The van der Waals surface area contributed by atoms with Crippen molar-refractivity contribution in [1.29, 1.82) is 0 Å². The largest absolute Gasteiger partial charge is 0.390 e. The molecule has 5 aliphatic carbocycles. The summed E-state index contributed by atoms with van der Waals surface area (Å²) in [5.74, 6) is 3.46. The normalized spacial score (nSPS) is 58.8. The molecule has 5 aliphatic rings. The van der Waals surface area contributed by atoms with Crippen molar-refractivity contribution in [1.82, 2.24) is 0 Å². The highest BCUT2D eigenvalue weighted by Gasteiger charge is 2.70. The summed E-state index contributed by atoms with van der Waals surface area (Å²) in [5.41, 5.74) is 2.53. The summed E-state index contributed by atoms with van der Waals surface area (Å²) in [6.45, 7) is 21.6. The number of rotatable bonds is 1. The molecule has 0 heterocycles. The van der Waals surface area contributed by atoms with Crippen LogP contribution in [0.2, 0.25) is 0 Å². The van der Waals surface area contributed by atoms with Crippen molar-refractivity contribution < 1.29 is 10.2 Å². The number of hydrogen-bond donors (Lipinski definition) is 2. The second-order valence-corrected chi connectivity index (χ2v) is 14.9. The monoisotopic (exact) mass is 442 g/mol. The Bertz CT molecular complexity index is 801. The van der Waals surface area contributed by atoms with Gasteiger partial charge in [0.05, 0.1) is 12.2 Å². The summed E-state index contributed by atoms with van der Waals surface area (Å²) in [6.07, 6.45) is 10.2. The van der Waals surface area contributed by atoms with E-state index in [9.17, 15) is 10.2 Å². The van der Waals surface area contributed by atoms with Gasteiger partial charge in [-0.25, -0.2) is 0 Å². The van der Waals surface area contributed by atoms with Gasteiger partial charge in [0.25, 0.3) is 0 Å². The molecule has 2 nitrogen and oxygen atoms in total. The fourth-order valence-electron chi connectivity index (χ4n) is 11.6. The van der Waals surface area contributed by atoms with Crippen LogP contribution in [-0.2, 0) is 0 Å². The Hall–Kier alpha value is -0.340. The molecule has 182 valence electrons. The summed E-state index contributed by atoms with van der Waals surface area (Å²) in [6, 6.07) is 0. The van der Waals surface area contributed by atoms with Crippen LogP contribution >= 0.6 is 0 Å². The Morgan fingerprint density at radius 1 is 0.781 bits per heavy atom. The number of aliphatic hydroxyl groups excluding tert-OH is 2. The van der Waals surface area contributed by atoms with E-state index in [0.29, 0.717) is 34.0 Å². The minimum Gasteiger partial charge on any atom is -0.390 e. The minimum absolute atomic E-state index is 0.118. The number of aliphatic hydroxyl groups is 2. The zero-order valence-corrected chi connectivity index (χ0v) is 22.0. The lowest BCUT2D eigenvalue weighted by Crippen LogP contribution is -2.68. The average molecular weight is 443 g/mol. The van der Waals surface area contributed by atoms with E-state index in [1.807, 2.05) is 0 Å². The van der Waals surface area contributed by atoms with Crippen molar-refractivity contribution >= 4 is 0 Å². The molecule has 32 heavy (non-hydrogen) atoms. The molecule has 0 aromatic heterocycles. The Labute approximate surface area is 197 Å². The zero-order valence-electron chi connectivity index (χ0n) is 22.0. The third-order valence-electron chi connectivity index (χ3n) is 13.4. The molecule has 0 spiro atoms. The van der Waals surface area contributed by atoms with Crippen LogP contribution in [0, 0.1) is 56.7 Å². The second-order valence-electron chi connectivity index (χ2n) is 14.9. The predicted octanol–water partition coefficient (Wildman–Crippen LogP) is 7.00. The lowest BCUT2D eigenvalue weighted by atomic mass is 9.32. The van der Waals surface area contributed by atoms with Gasteiger partial charge in [-0.1, -0.05) is 53.7 Å². The maximum absolute atomic E-state index is 11.0. The van der Waals surface area contributed by atoms with Crippen LogP contribution < -0.4 is 0 Å². The molecule has 0 aromatic rings. The van der Waals surface area contributed by atoms with E-state index < -0.39 is 12.2 Å². The fourth-order valence-corrected chi connectivity index (χ4v) is 11.6. The second kappa shape index (κ2) is 6.87. The first-order valence-electron chi connectivity index (χ1n) is 13.7. The van der Waals surface area contributed by atoms with Gasteiger partial charge < -0.3 is 10.2 Å². The van der Waals surface area contributed by atoms with Gasteiger partial charge in [0, 0.05) is 0 Å². The van der Waals surface area contributed by atoms with E-state index in [0.717, 1.165) is 18.3 Å². The summed E-state index contributed by atoms with van der Waals surface area (Å²) in [4.78, 5) is 0. The fraction of sp³-hybridized carbons (Fsp3) is 0.933. The van der Waals surface area contributed by atoms with Crippen LogP contribution in [-0.4, -0.2) is 22.4 Å². The third kappa shape index (κ3) is 2.66. The lowest BCUT2D eigenvalue weighted by molar-refractivity contribution is -0.262. The highest BCUT2D eigenvalue weighted by Crippen LogP contribution is 2.77. The van der Waals surface area contributed by atoms with E-state index >= 15 is 0 Å². The Morgan fingerprint density at radius 2 is 1.47 bits per heavy atom. The van der Waals surface area contributed by atoms with Crippen molar-refractivity contribution in [3.8, 4) is 0 Å². The first-order valence-corrected chi connectivity index (χ1v) is 13.7. The molecule has 11 atom stereocenters. The topological polar surface area (TPSA) is 40.5 Å². The molecule has 5 rings (SSSR count). The van der Waals surface area contributed by atoms with E-state index in [-0.39, 0.29) is 10.8 Å². The highest BCUT2D eigenvalue weighted by atomic mass is 16.3. The molecule has 0 aromatic carbocycles. The molecule has 0 aliphatic heterocycles. The van der Waals surface area contributed by atoms with Gasteiger partial charge in [0.1, 0.15) is 0 Å². The minimum atomic E-state index is -0.595. The molecule has 0 bridgehead atoms. The molecule has 2 heteroatoms. The molecule has 2 N–H and O–H groups in total. The van der Waals surface area contributed by atoms with Crippen molar-refractivity contribution in [2.75, 3.05) is 0 Å². The SMILES string of the molecule is C=C(C)C1CC[C@]2(C)CC[C@]3(C)[C@H](CC[C@@H]4[C@@]5(C)CC(O)C(O)C(C)(C)[C@@H]5CC[C@]43C)[C@@H]12. The summed E-state index contributed by atoms with van der Waals surface area (Å²) in [7, 11) is 0. The van der Waals surface area contributed by atoms with E-state index in [1.165, 1.54) is 56.9 Å². The molecule has 0 radical (unpaired) electrons. The van der Waals surface area contributed by atoms with Crippen molar-refractivity contribution in [2.24, 2.45) is 56.7 Å². The number of hydrogen-bond acceptors (Lipinski definition) is 2. The summed E-state index contributed by atoms with van der Waals surface area (Å²) in [5, 5.41) is 21.9. The third-order valence-corrected chi connectivity index (χ3v) is 13.4. The van der Waals surface area contributed by atoms with Crippen molar-refractivity contribution in [3.05, 3.63) is 12.2 Å². The Kier molecular flexibility index (Phi) is 5.02. The molecular weight excluding hydrogens is 392 g/mol. The number of allylic oxidation sites excluding steroid dienone is 1. The highest BCUT2D eigenvalue weighted by molar-refractivity contribution is 5.21. The predicted molar refractivity (Wildman–Crippen MR) is 132 cm³/mol. The van der Waals surface area contributed by atoms with Crippen molar-refractivity contribution in [3.63, 3.8) is 0 Å². The van der Waals surface area contributed by atoms with Gasteiger partial charge in [0.15, 0.2) is 0 Å². The van der Waals surface area contributed by atoms with E-state index in [4.69, 9.17) is 0 Å².